The number of nitrogens with one attached hydrogen (secondary N) is 1. The number of H-pyrrole nitrogens is 1. The SMILES string of the molecule is CCC#CCC(C)C(O)/C=C/[C@H]1CCC(=O)N1CCCCCCc1nnn[nH]1. The van der Waals surface area contributed by atoms with E-state index in [2.05, 4.69) is 32.5 Å². The molecule has 1 aromatic rings. The van der Waals surface area contributed by atoms with Crippen LogP contribution in [0.25, 0.3) is 0 Å². The molecule has 1 amide bonds. The molecule has 1 aromatic heterocycles. The number of aliphatic hydroxyl groups excluding tert-OH is 1. The van der Waals surface area contributed by atoms with Gasteiger partial charge in [0.2, 0.25) is 5.91 Å². The zero-order chi connectivity index (χ0) is 20.2. The third kappa shape index (κ3) is 7.43. The smallest absolute Gasteiger partial charge is 0.223 e. The lowest BCUT2D eigenvalue weighted by molar-refractivity contribution is -0.128. The van der Waals surface area contributed by atoms with Crippen LogP contribution in [0.3, 0.4) is 0 Å². The maximum Gasteiger partial charge on any atom is 0.223 e. The number of hydrogen-bond donors (Lipinski definition) is 2. The Bertz CT molecular complexity index is 662. The molecule has 0 bridgehead atoms. The second-order valence-electron chi connectivity index (χ2n) is 7.47. The molecular formula is C21H33N5O2. The molecule has 2 N–H and O–H groups in total. The lowest BCUT2D eigenvalue weighted by Gasteiger charge is -2.23. The van der Waals surface area contributed by atoms with Gasteiger partial charge in [0, 0.05) is 32.2 Å². The maximum absolute atomic E-state index is 12.2. The van der Waals surface area contributed by atoms with Crippen molar-refractivity contribution in [3.8, 4) is 11.8 Å². The molecule has 2 heterocycles. The normalized spacial score (nSPS) is 19.0. The van der Waals surface area contributed by atoms with Gasteiger partial charge in [0.15, 0.2) is 0 Å². The summed E-state index contributed by atoms with van der Waals surface area (Å²) in [6.07, 6.45) is 11.4. The van der Waals surface area contributed by atoms with Crippen molar-refractivity contribution in [3.05, 3.63) is 18.0 Å². The summed E-state index contributed by atoms with van der Waals surface area (Å²) in [7, 11) is 0. The number of tetrazole rings is 1. The molecule has 1 aliphatic rings. The van der Waals surface area contributed by atoms with Gasteiger partial charge in [-0.3, -0.25) is 4.79 Å². The molecule has 2 rings (SSSR count). The van der Waals surface area contributed by atoms with Crippen molar-refractivity contribution in [2.45, 2.75) is 83.8 Å². The van der Waals surface area contributed by atoms with Crippen molar-refractivity contribution in [2.24, 2.45) is 5.92 Å². The number of carbonyl (C=O) groups excluding carboxylic acids is 1. The number of hydrogen-bond acceptors (Lipinski definition) is 5. The van der Waals surface area contributed by atoms with Gasteiger partial charge < -0.3 is 10.0 Å². The standard InChI is InChI=1S/C21H33N5O2/c1-3-4-7-10-17(2)19(27)14-12-18-13-15-21(28)26(18)16-9-6-5-8-11-20-22-24-25-23-20/h12,14,17-19,27H,3,5-6,8-11,13,15-16H2,1-2H3,(H,22,23,24,25)/b14-12+/t17?,18-,19?/m0/s1. The zero-order valence-electron chi connectivity index (χ0n) is 17.1. The highest BCUT2D eigenvalue weighted by molar-refractivity contribution is 5.79. The van der Waals surface area contributed by atoms with Crippen LogP contribution in [0, 0.1) is 17.8 Å². The summed E-state index contributed by atoms with van der Waals surface area (Å²) in [4.78, 5) is 14.2. The van der Waals surface area contributed by atoms with E-state index in [1.165, 1.54) is 0 Å². The summed E-state index contributed by atoms with van der Waals surface area (Å²) >= 11 is 0. The predicted molar refractivity (Wildman–Crippen MR) is 108 cm³/mol. The van der Waals surface area contributed by atoms with Crippen LogP contribution in [0.1, 0.15) is 71.0 Å². The Morgan fingerprint density at radius 1 is 1.32 bits per heavy atom. The minimum atomic E-state index is -0.519. The number of aryl methyl sites for hydroxylation is 1. The van der Waals surface area contributed by atoms with E-state index < -0.39 is 6.10 Å². The van der Waals surface area contributed by atoms with Gasteiger partial charge in [-0.1, -0.05) is 38.8 Å². The van der Waals surface area contributed by atoms with Gasteiger partial charge in [0.25, 0.3) is 0 Å². The summed E-state index contributed by atoms with van der Waals surface area (Å²) in [6.45, 7) is 4.81. The summed E-state index contributed by atoms with van der Waals surface area (Å²) < 4.78 is 0. The fraction of sp³-hybridized carbons (Fsp3) is 0.714. The average Bonchev–Trinajstić information content (AvgIpc) is 3.33. The molecule has 28 heavy (non-hydrogen) atoms. The monoisotopic (exact) mass is 387 g/mol. The Morgan fingerprint density at radius 3 is 2.89 bits per heavy atom. The molecule has 0 saturated carbocycles. The topological polar surface area (TPSA) is 95.0 Å². The fourth-order valence-electron chi connectivity index (χ4n) is 3.37. The highest BCUT2D eigenvalue weighted by Crippen LogP contribution is 2.21. The van der Waals surface area contributed by atoms with Crippen LogP contribution in [-0.4, -0.2) is 55.2 Å². The zero-order valence-corrected chi connectivity index (χ0v) is 17.1. The molecule has 7 nitrogen and oxygen atoms in total. The van der Waals surface area contributed by atoms with Gasteiger partial charge in [0.05, 0.1) is 12.1 Å². The van der Waals surface area contributed by atoms with Crippen LogP contribution in [0.5, 0.6) is 0 Å². The number of carbonyl (C=O) groups is 1. The van der Waals surface area contributed by atoms with Crippen molar-refractivity contribution >= 4 is 5.91 Å². The van der Waals surface area contributed by atoms with Crippen molar-refractivity contribution in [2.75, 3.05) is 6.54 Å². The molecule has 1 aliphatic heterocycles. The van der Waals surface area contributed by atoms with Crippen LogP contribution in [0.15, 0.2) is 12.2 Å². The Kier molecular flexibility index (Phi) is 9.70. The third-order valence-electron chi connectivity index (χ3n) is 5.17. The first-order chi connectivity index (χ1) is 13.6. The molecule has 3 atom stereocenters. The van der Waals surface area contributed by atoms with Crippen molar-refractivity contribution < 1.29 is 9.90 Å². The lowest BCUT2D eigenvalue weighted by atomic mass is 10.00. The fourth-order valence-corrected chi connectivity index (χ4v) is 3.37. The van der Waals surface area contributed by atoms with E-state index in [1.54, 1.807) is 0 Å². The van der Waals surface area contributed by atoms with Gasteiger partial charge in [-0.05, 0) is 35.6 Å². The minimum absolute atomic E-state index is 0.0976. The van der Waals surface area contributed by atoms with Crippen LogP contribution in [0.2, 0.25) is 0 Å². The van der Waals surface area contributed by atoms with Gasteiger partial charge in [0.1, 0.15) is 5.82 Å². The summed E-state index contributed by atoms with van der Waals surface area (Å²) in [6, 6.07) is 0.108. The molecule has 154 valence electrons. The Balaban J connectivity index is 1.69. The minimum Gasteiger partial charge on any atom is -0.389 e. The van der Waals surface area contributed by atoms with Crippen LogP contribution in [0.4, 0.5) is 0 Å². The number of rotatable bonds is 11. The second-order valence-corrected chi connectivity index (χ2v) is 7.47. The summed E-state index contributed by atoms with van der Waals surface area (Å²) in [5, 5.41) is 24.1. The Hall–Kier alpha value is -2.20. The van der Waals surface area contributed by atoms with Crippen molar-refractivity contribution in [1.29, 1.82) is 0 Å². The number of unbranched alkanes of at least 4 members (excludes halogenated alkanes) is 3. The average molecular weight is 388 g/mol. The van der Waals surface area contributed by atoms with E-state index in [0.717, 1.165) is 57.3 Å². The molecule has 0 spiro atoms. The first-order valence-corrected chi connectivity index (χ1v) is 10.5. The van der Waals surface area contributed by atoms with E-state index in [1.807, 2.05) is 30.9 Å². The number of nitrogens with zero attached hydrogens (tertiary/aromatic N) is 4. The van der Waals surface area contributed by atoms with Crippen LogP contribution >= 0.6 is 0 Å². The van der Waals surface area contributed by atoms with E-state index in [0.29, 0.717) is 12.8 Å². The predicted octanol–water partition coefficient (Wildman–Crippen LogP) is 2.65. The quantitative estimate of drug-likeness (QED) is 0.346. The Labute approximate surface area is 168 Å². The molecule has 1 saturated heterocycles. The van der Waals surface area contributed by atoms with Gasteiger partial charge in [-0.2, -0.15) is 0 Å². The lowest BCUT2D eigenvalue weighted by Crippen LogP contribution is -2.33. The van der Waals surface area contributed by atoms with Crippen LogP contribution < -0.4 is 0 Å². The first-order valence-electron chi connectivity index (χ1n) is 10.5. The number of aliphatic hydroxyl groups is 1. The second kappa shape index (κ2) is 12.3. The van der Waals surface area contributed by atoms with Crippen molar-refractivity contribution in [1.82, 2.24) is 25.5 Å². The van der Waals surface area contributed by atoms with E-state index in [4.69, 9.17) is 0 Å². The number of aromatic amines is 1. The molecular weight excluding hydrogens is 354 g/mol. The van der Waals surface area contributed by atoms with Gasteiger partial charge >= 0.3 is 0 Å². The first kappa shape index (κ1) is 22.1. The number of amides is 1. The largest absolute Gasteiger partial charge is 0.389 e. The van der Waals surface area contributed by atoms with Gasteiger partial charge in [-0.25, -0.2) is 5.10 Å². The van der Waals surface area contributed by atoms with E-state index >= 15 is 0 Å². The van der Waals surface area contributed by atoms with Gasteiger partial charge in [-0.15, -0.1) is 16.9 Å². The molecule has 0 aliphatic carbocycles. The molecule has 2 unspecified atom stereocenters. The van der Waals surface area contributed by atoms with E-state index in [-0.39, 0.29) is 17.9 Å². The molecule has 1 fully saturated rings. The molecule has 0 aromatic carbocycles. The Morgan fingerprint density at radius 2 is 2.14 bits per heavy atom. The third-order valence-corrected chi connectivity index (χ3v) is 5.17. The van der Waals surface area contributed by atoms with E-state index in [9.17, 15) is 9.90 Å². The summed E-state index contributed by atoms with van der Waals surface area (Å²) in [5.41, 5.74) is 0. The molecule has 7 heteroatoms. The summed E-state index contributed by atoms with van der Waals surface area (Å²) in [5.74, 6) is 7.28. The number of likely N-dealkylation sites (tertiary alicyclic amines) is 1. The highest BCUT2D eigenvalue weighted by atomic mass is 16.3. The van der Waals surface area contributed by atoms with Crippen molar-refractivity contribution in [3.63, 3.8) is 0 Å². The highest BCUT2D eigenvalue weighted by Gasteiger charge is 2.28. The molecule has 0 radical (unpaired) electrons. The maximum atomic E-state index is 12.2. The number of aromatic nitrogens is 4. The van der Waals surface area contributed by atoms with Crippen LogP contribution in [-0.2, 0) is 11.2 Å².